The average Bonchev–Trinajstić information content (AvgIpc) is 3.25. The summed E-state index contributed by atoms with van der Waals surface area (Å²) in [6.07, 6.45) is 0. The number of nitrogens with zero attached hydrogens (tertiary/aromatic N) is 3. The van der Waals surface area contributed by atoms with Crippen LogP contribution in [0.15, 0.2) is 47.6 Å². The smallest absolute Gasteiger partial charge is 0.251 e. The zero-order valence-electron chi connectivity index (χ0n) is 19.8. The number of ether oxygens (including phenoxy) is 1. The number of aromatic nitrogens is 3. The minimum Gasteiger partial charge on any atom is -0.497 e. The first-order chi connectivity index (χ1) is 16.7. The molecule has 2 N–H and O–H groups in total. The summed E-state index contributed by atoms with van der Waals surface area (Å²) in [5.41, 5.74) is 0.966. The third-order valence-electron chi connectivity index (χ3n) is 5.18. The molecule has 2 aromatic carbocycles. The van der Waals surface area contributed by atoms with Gasteiger partial charge in [-0.3, -0.25) is 9.59 Å². The van der Waals surface area contributed by atoms with Gasteiger partial charge in [0.2, 0.25) is 5.91 Å². The van der Waals surface area contributed by atoms with Crippen molar-refractivity contribution in [3.05, 3.63) is 63.9 Å². The summed E-state index contributed by atoms with van der Waals surface area (Å²) in [4.78, 5) is 25.4. The Labute approximate surface area is 218 Å². The van der Waals surface area contributed by atoms with Gasteiger partial charge in [0, 0.05) is 17.1 Å². The Hall–Kier alpha value is -2.75. The van der Waals surface area contributed by atoms with Crippen molar-refractivity contribution >= 4 is 52.5 Å². The van der Waals surface area contributed by atoms with E-state index in [0.717, 1.165) is 0 Å². The number of methoxy groups -OCH3 is 1. The zero-order chi connectivity index (χ0) is 25.5. The van der Waals surface area contributed by atoms with Gasteiger partial charge in [-0.15, -0.1) is 10.2 Å². The van der Waals surface area contributed by atoms with Gasteiger partial charge in [0.25, 0.3) is 5.91 Å². The van der Waals surface area contributed by atoms with Crippen LogP contribution in [0.25, 0.3) is 0 Å². The van der Waals surface area contributed by atoms with Crippen LogP contribution in [0.1, 0.15) is 43.0 Å². The van der Waals surface area contributed by atoms with Crippen LogP contribution in [0, 0.1) is 5.92 Å². The number of amides is 2. The lowest BCUT2D eigenvalue weighted by atomic mass is 10.0. The Morgan fingerprint density at radius 1 is 1.11 bits per heavy atom. The monoisotopic (exact) mass is 535 g/mol. The maximum absolute atomic E-state index is 12.9. The number of benzene rings is 2. The highest BCUT2D eigenvalue weighted by atomic mass is 35.5. The number of carbonyl (C=O) groups is 2. The highest BCUT2D eigenvalue weighted by Crippen LogP contribution is 2.28. The normalized spacial score (nSPS) is 11.9. The first-order valence-electron chi connectivity index (χ1n) is 11.0. The van der Waals surface area contributed by atoms with E-state index in [0.29, 0.717) is 44.6 Å². The van der Waals surface area contributed by atoms with E-state index in [-0.39, 0.29) is 29.5 Å². The molecule has 0 aliphatic heterocycles. The van der Waals surface area contributed by atoms with Gasteiger partial charge in [-0.25, -0.2) is 0 Å². The van der Waals surface area contributed by atoms with Crippen molar-refractivity contribution < 1.29 is 14.3 Å². The summed E-state index contributed by atoms with van der Waals surface area (Å²) >= 11 is 13.4. The summed E-state index contributed by atoms with van der Waals surface area (Å²) in [6, 6.07) is 11.4. The lowest BCUT2D eigenvalue weighted by Crippen LogP contribution is -2.33. The van der Waals surface area contributed by atoms with Crippen LogP contribution in [0.4, 0.5) is 5.69 Å². The predicted molar refractivity (Wildman–Crippen MR) is 140 cm³/mol. The summed E-state index contributed by atoms with van der Waals surface area (Å²) in [5.74, 6) is 0.994. The molecule has 2 amide bonds. The van der Waals surface area contributed by atoms with Crippen LogP contribution < -0.4 is 15.4 Å². The van der Waals surface area contributed by atoms with Gasteiger partial charge in [-0.2, -0.15) is 0 Å². The van der Waals surface area contributed by atoms with E-state index in [1.54, 1.807) is 49.6 Å². The fourth-order valence-corrected chi connectivity index (χ4v) is 4.49. The lowest BCUT2D eigenvalue weighted by Gasteiger charge is -2.22. The van der Waals surface area contributed by atoms with Crippen LogP contribution in [0.2, 0.25) is 10.0 Å². The fraction of sp³-hybridized carbons (Fsp3) is 0.333. The number of hydrogen-bond donors (Lipinski definition) is 2. The molecule has 186 valence electrons. The summed E-state index contributed by atoms with van der Waals surface area (Å²) in [6.45, 7) is 6.55. The fourth-order valence-electron chi connectivity index (χ4n) is 3.34. The Kier molecular flexibility index (Phi) is 9.42. The van der Waals surface area contributed by atoms with Gasteiger partial charge in [0.15, 0.2) is 11.0 Å². The second kappa shape index (κ2) is 12.3. The number of rotatable bonds is 10. The molecule has 3 rings (SSSR count). The van der Waals surface area contributed by atoms with Crippen LogP contribution in [0.5, 0.6) is 5.75 Å². The van der Waals surface area contributed by atoms with Crippen LogP contribution in [0.3, 0.4) is 0 Å². The van der Waals surface area contributed by atoms with Gasteiger partial charge >= 0.3 is 0 Å². The number of thioether (sulfide) groups is 1. The molecule has 1 aromatic heterocycles. The van der Waals surface area contributed by atoms with E-state index in [1.165, 1.54) is 11.8 Å². The first-order valence-corrected chi connectivity index (χ1v) is 12.7. The van der Waals surface area contributed by atoms with Crippen LogP contribution >= 0.6 is 35.0 Å². The molecule has 0 aliphatic rings. The van der Waals surface area contributed by atoms with Crippen LogP contribution in [-0.4, -0.2) is 39.4 Å². The Bertz CT molecular complexity index is 1180. The number of carbonyl (C=O) groups excluding carboxylic acids is 2. The average molecular weight is 536 g/mol. The van der Waals surface area contributed by atoms with Crippen molar-refractivity contribution in [1.82, 2.24) is 20.1 Å². The molecule has 0 saturated heterocycles. The van der Waals surface area contributed by atoms with E-state index in [2.05, 4.69) is 20.8 Å². The molecule has 35 heavy (non-hydrogen) atoms. The van der Waals surface area contributed by atoms with Gasteiger partial charge in [-0.05, 0) is 55.3 Å². The minimum atomic E-state index is -0.370. The minimum absolute atomic E-state index is 0.0535. The summed E-state index contributed by atoms with van der Waals surface area (Å²) < 4.78 is 7.06. The molecule has 1 atom stereocenters. The third-order valence-corrected chi connectivity index (χ3v) is 6.71. The summed E-state index contributed by atoms with van der Waals surface area (Å²) in [7, 11) is 1.58. The SMILES string of the molecule is CCn1c(SCC(=O)Nc2cc(Cl)ccc2Cl)nnc1[C@@H](NC(=O)c1ccc(OC)cc1)C(C)C. The number of anilines is 1. The molecule has 3 aromatic rings. The van der Waals surface area contributed by atoms with Gasteiger partial charge in [-0.1, -0.05) is 48.8 Å². The zero-order valence-corrected chi connectivity index (χ0v) is 22.2. The predicted octanol–water partition coefficient (Wildman–Crippen LogP) is 5.47. The second-order valence-corrected chi connectivity index (χ2v) is 9.76. The maximum atomic E-state index is 12.9. The lowest BCUT2D eigenvalue weighted by molar-refractivity contribution is -0.113. The summed E-state index contributed by atoms with van der Waals surface area (Å²) in [5, 5.41) is 15.9. The molecule has 8 nitrogen and oxygen atoms in total. The molecule has 0 unspecified atom stereocenters. The molecule has 0 saturated carbocycles. The van der Waals surface area contributed by atoms with Crippen molar-refractivity contribution in [3.8, 4) is 5.75 Å². The maximum Gasteiger partial charge on any atom is 0.251 e. The Balaban J connectivity index is 1.71. The molecule has 1 heterocycles. The number of nitrogens with one attached hydrogen (secondary N) is 2. The van der Waals surface area contributed by atoms with E-state index in [9.17, 15) is 9.59 Å². The highest BCUT2D eigenvalue weighted by Gasteiger charge is 2.26. The van der Waals surface area contributed by atoms with Crippen molar-refractivity contribution in [2.75, 3.05) is 18.2 Å². The van der Waals surface area contributed by atoms with E-state index in [1.807, 2.05) is 25.3 Å². The molecular formula is C24H27Cl2N5O3S. The molecular weight excluding hydrogens is 509 g/mol. The Morgan fingerprint density at radius 2 is 1.83 bits per heavy atom. The molecule has 0 bridgehead atoms. The Morgan fingerprint density at radius 3 is 2.46 bits per heavy atom. The molecule has 0 radical (unpaired) electrons. The largest absolute Gasteiger partial charge is 0.497 e. The molecule has 11 heteroatoms. The van der Waals surface area contributed by atoms with Crippen molar-refractivity contribution in [2.24, 2.45) is 5.92 Å². The van der Waals surface area contributed by atoms with Crippen molar-refractivity contribution in [2.45, 2.75) is 38.5 Å². The van der Waals surface area contributed by atoms with Gasteiger partial charge < -0.3 is 19.9 Å². The van der Waals surface area contributed by atoms with E-state index < -0.39 is 0 Å². The standard InChI is InChI=1S/C24H27Cl2N5O3S/c1-5-31-22(21(14(2)3)28-23(33)15-6-9-17(34-4)10-7-15)29-30-24(31)35-13-20(32)27-19-12-16(25)8-11-18(19)26/h6-12,14,21H,5,13H2,1-4H3,(H,27,32)(H,28,33)/t21-/m0/s1. The number of hydrogen-bond acceptors (Lipinski definition) is 6. The van der Waals surface area contributed by atoms with Crippen molar-refractivity contribution in [1.29, 1.82) is 0 Å². The van der Waals surface area contributed by atoms with Gasteiger partial charge in [0.1, 0.15) is 5.75 Å². The first kappa shape index (κ1) is 26.8. The van der Waals surface area contributed by atoms with E-state index in [4.69, 9.17) is 27.9 Å². The van der Waals surface area contributed by atoms with E-state index >= 15 is 0 Å². The van der Waals surface area contributed by atoms with Crippen molar-refractivity contribution in [3.63, 3.8) is 0 Å². The third kappa shape index (κ3) is 6.90. The molecule has 0 aliphatic carbocycles. The second-order valence-electron chi connectivity index (χ2n) is 7.97. The topological polar surface area (TPSA) is 98.1 Å². The quantitative estimate of drug-likeness (QED) is 0.334. The highest BCUT2D eigenvalue weighted by molar-refractivity contribution is 7.99. The molecule has 0 spiro atoms. The molecule has 0 fully saturated rings. The number of halogens is 2. The van der Waals surface area contributed by atoms with Gasteiger partial charge in [0.05, 0.1) is 29.6 Å². The van der Waals surface area contributed by atoms with Crippen LogP contribution in [-0.2, 0) is 11.3 Å².